The molecule has 160 valence electrons. The Labute approximate surface area is 178 Å². The van der Waals surface area contributed by atoms with Crippen molar-refractivity contribution in [2.75, 3.05) is 0 Å². The summed E-state index contributed by atoms with van der Waals surface area (Å²) < 4.78 is 6.35. The van der Waals surface area contributed by atoms with Gasteiger partial charge in [0.25, 0.3) is 0 Å². The number of rotatable bonds is 9. The van der Waals surface area contributed by atoms with E-state index in [9.17, 15) is 5.11 Å². The van der Waals surface area contributed by atoms with Crippen LogP contribution >= 0.6 is 0 Å². The van der Waals surface area contributed by atoms with Crippen LogP contribution in [0.15, 0.2) is 47.1 Å². The normalized spacial score (nSPS) is 19.5. The molecule has 1 aliphatic rings. The van der Waals surface area contributed by atoms with Crippen LogP contribution in [-0.4, -0.2) is 10.7 Å². The highest BCUT2D eigenvalue weighted by Crippen LogP contribution is 2.39. The van der Waals surface area contributed by atoms with Gasteiger partial charge in [-0.2, -0.15) is 0 Å². The summed E-state index contributed by atoms with van der Waals surface area (Å²) >= 11 is 0. The fourth-order valence-electron chi connectivity index (χ4n) is 3.97. The molecule has 29 heavy (non-hydrogen) atoms. The van der Waals surface area contributed by atoms with Crippen molar-refractivity contribution in [3.63, 3.8) is 0 Å². The summed E-state index contributed by atoms with van der Waals surface area (Å²) in [6.07, 6.45) is 15.8. The van der Waals surface area contributed by atoms with Crippen molar-refractivity contribution in [3.05, 3.63) is 58.2 Å². The first-order valence-corrected chi connectivity index (χ1v) is 11.2. The van der Waals surface area contributed by atoms with Crippen molar-refractivity contribution in [1.29, 1.82) is 0 Å². The summed E-state index contributed by atoms with van der Waals surface area (Å²) in [4.78, 5) is 0. The van der Waals surface area contributed by atoms with Gasteiger partial charge in [-0.15, -0.1) is 0 Å². The molecule has 2 rings (SSSR count). The third-order valence-electron chi connectivity index (χ3n) is 6.08. The van der Waals surface area contributed by atoms with Gasteiger partial charge in [-0.1, -0.05) is 34.9 Å². The SMILES string of the molecule is CC(C)=CCCC(C)=CCCC(C)=CCC[C@]1(C)CCc2c(ccc(O)c2C)O1. The molecular formula is C27H40O2. The van der Waals surface area contributed by atoms with Crippen molar-refractivity contribution in [2.45, 2.75) is 98.5 Å². The lowest BCUT2D eigenvalue weighted by Gasteiger charge is -2.36. The third kappa shape index (κ3) is 7.42. The number of hydrogen-bond donors (Lipinski definition) is 1. The number of benzene rings is 1. The van der Waals surface area contributed by atoms with Crippen molar-refractivity contribution in [2.24, 2.45) is 0 Å². The molecule has 0 saturated carbocycles. The van der Waals surface area contributed by atoms with Gasteiger partial charge in [0.05, 0.1) is 0 Å². The average molecular weight is 397 g/mol. The van der Waals surface area contributed by atoms with E-state index in [0.29, 0.717) is 5.75 Å². The topological polar surface area (TPSA) is 29.5 Å². The minimum Gasteiger partial charge on any atom is -0.508 e. The van der Waals surface area contributed by atoms with Crippen molar-refractivity contribution >= 4 is 0 Å². The number of hydrogen-bond acceptors (Lipinski definition) is 2. The number of phenolic OH excluding ortho intramolecular Hbond substituents is 1. The number of allylic oxidation sites excluding steroid dienone is 6. The van der Waals surface area contributed by atoms with Crippen LogP contribution in [0.1, 0.15) is 90.7 Å². The quantitative estimate of drug-likeness (QED) is 0.429. The van der Waals surface area contributed by atoms with Crippen LogP contribution in [0.25, 0.3) is 0 Å². The maximum absolute atomic E-state index is 9.91. The molecule has 0 bridgehead atoms. The highest BCUT2D eigenvalue weighted by Gasteiger charge is 2.31. The van der Waals surface area contributed by atoms with E-state index < -0.39 is 0 Å². The summed E-state index contributed by atoms with van der Waals surface area (Å²) in [7, 11) is 0. The zero-order valence-corrected chi connectivity index (χ0v) is 19.4. The summed E-state index contributed by atoms with van der Waals surface area (Å²) in [5.41, 5.74) is 6.39. The Morgan fingerprint density at radius 3 is 2.28 bits per heavy atom. The van der Waals surface area contributed by atoms with Gasteiger partial charge in [0.1, 0.15) is 17.1 Å². The number of phenols is 1. The van der Waals surface area contributed by atoms with Crippen LogP contribution in [-0.2, 0) is 6.42 Å². The summed E-state index contributed by atoms with van der Waals surface area (Å²) in [5, 5.41) is 9.91. The average Bonchev–Trinajstić information content (AvgIpc) is 2.64. The third-order valence-corrected chi connectivity index (χ3v) is 6.08. The van der Waals surface area contributed by atoms with Gasteiger partial charge in [-0.05, 0) is 111 Å². The molecule has 0 spiro atoms. The van der Waals surface area contributed by atoms with Crippen LogP contribution in [0, 0.1) is 6.92 Å². The molecule has 2 nitrogen and oxygen atoms in total. The Kier molecular flexibility index (Phi) is 8.61. The molecule has 1 atom stereocenters. The Bertz CT molecular complexity index is 778. The predicted molar refractivity (Wildman–Crippen MR) is 125 cm³/mol. The van der Waals surface area contributed by atoms with E-state index in [1.54, 1.807) is 6.07 Å². The highest BCUT2D eigenvalue weighted by molar-refractivity contribution is 5.48. The molecule has 2 heteroatoms. The molecule has 1 aromatic carbocycles. The second-order valence-corrected chi connectivity index (χ2v) is 9.24. The second-order valence-electron chi connectivity index (χ2n) is 9.24. The van der Waals surface area contributed by atoms with Gasteiger partial charge in [-0.25, -0.2) is 0 Å². The van der Waals surface area contributed by atoms with Gasteiger partial charge < -0.3 is 9.84 Å². The molecule has 1 aromatic rings. The molecule has 0 aromatic heterocycles. The summed E-state index contributed by atoms with van der Waals surface area (Å²) in [6, 6.07) is 3.67. The van der Waals surface area contributed by atoms with E-state index in [0.717, 1.165) is 56.3 Å². The Balaban J connectivity index is 1.78. The van der Waals surface area contributed by atoms with E-state index in [2.05, 4.69) is 52.8 Å². The molecule has 0 amide bonds. The Hall–Kier alpha value is -1.96. The largest absolute Gasteiger partial charge is 0.508 e. The first-order chi connectivity index (χ1) is 13.7. The van der Waals surface area contributed by atoms with Crippen LogP contribution in [0.3, 0.4) is 0 Å². The number of aromatic hydroxyl groups is 1. The van der Waals surface area contributed by atoms with Crippen molar-refractivity contribution < 1.29 is 9.84 Å². The Morgan fingerprint density at radius 2 is 1.62 bits per heavy atom. The molecule has 0 saturated heterocycles. The van der Waals surface area contributed by atoms with Crippen LogP contribution < -0.4 is 4.74 Å². The zero-order valence-electron chi connectivity index (χ0n) is 19.4. The molecule has 1 heterocycles. The lowest BCUT2D eigenvalue weighted by molar-refractivity contribution is 0.0568. The summed E-state index contributed by atoms with van der Waals surface area (Å²) in [6.45, 7) is 13.0. The molecule has 0 radical (unpaired) electrons. The Morgan fingerprint density at radius 1 is 1.00 bits per heavy atom. The monoisotopic (exact) mass is 396 g/mol. The van der Waals surface area contributed by atoms with E-state index >= 15 is 0 Å². The van der Waals surface area contributed by atoms with Crippen molar-refractivity contribution in [3.8, 4) is 11.5 Å². The van der Waals surface area contributed by atoms with Crippen molar-refractivity contribution in [1.82, 2.24) is 0 Å². The molecule has 0 aliphatic carbocycles. The fourth-order valence-corrected chi connectivity index (χ4v) is 3.97. The predicted octanol–water partition coefficient (Wildman–Crippen LogP) is 7.98. The molecular weight excluding hydrogens is 356 g/mol. The first kappa shape index (κ1) is 23.3. The molecule has 1 N–H and O–H groups in total. The zero-order chi connectivity index (χ0) is 21.4. The lowest BCUT2D eigenvalue weighted by atomic mass is 9.87. The second kappa shape index (κ2) is 10.7. The van der Waals surface area contributed by atoms with Gasteiger partial charge in [0.15, 0.2) is 0 Å². The molecule has 1 aliphatic heterocycles. The minimum absolute atomic E-state index is 0.116. The van der Waals surface area contributed by atoms with Crippen LogP contribution in [0.5, 0.6) is 11.5 Å². The highest BCUT2D eigenvalue weighted by atomic mass is 16.5. The maximum Gasteiger partial charge on any atom is 0.123 e. The number of ether oxygens (including phenoxy) is 1. The van der Waals surface area contributed by atoms with Crippen LogP contribution in [0.4, 0.5) is 0 Å². The van der Waals surface area contributed by atoms with E-state index in [4.69, 9.17) is 4.74 Å². The van der Waals surface area contributed by atoms with E-state index in [1.807, 2.05) is 13.0 Å². The maximum atomic E-state index is 9.91. The standard InChI is InChI=1S/C27H40O2/c1-20(2)10-7-11-21(3)12-8-13-22(4)14-9-18-27(6)19-17-24-23(5)25(28)15-16-26(24)29-27/h10,12,14-16,28H,7-9,11,13,17-19H2,1-6H3/t27-/m1/s1. The van der Waals surface area contributed by atoms with Gasteiger partial charge >= 0.3 is 0 Å². The van der Waals surface area contributed by atoms with Crippen LogP contribution in [0.2, 0.25) is 0 Å². The molecule has 0 unspecified atom stereocenters. The van der Waals surface area contributed by atoms with Gasteiger partial charge in [0, 0.05) is 5.56 Å². The number of fused-ring (bicyclic) bond motifs is 1. The minimum atomic E-state index is -0.116. The van der Waals surface area contributed by atoms with E-state index in [-0.39, 0.29) is 5.60 Å². The van der Waals surface area contributed by atoms with E-state index in [1.165, 1.54) is 28.7 Å². The van der Waals surface area contributed by atoms with Gasteiger partial charge in [0.2, 0.25) is 0 Å². The fraction of sp³-hybridized carbons (Fsp3) is 0.556. The smallest absolute Gasteiger partial charge is 0.123 e. The first-order valence-electron chi connectivity index (χ1n) is 11.2. The molecule has 0 fully saturated rings. The summed E-state index contributed by atoms with van der Waals surface area (Å²) in [5.74, 6) is 1.32. The van der Waals surface area contributed by atoms with Gasteiger partial charge in [-0.3, -0.25) is 0 Å². The lowest BCUT2D eigenvalue weighted by Crippen LogP contribution is -2.36.